The van der Waals surface area contributed by atoms with Crippen molar-refractivity contribution in [3.8, 4) is 0 Å². The maximum Gasteiger partial charge on any atom is 0.306 e. The molecule has 0 saturated heterocycles. The Balaban J connectivity index is 4.39. The Labute approximate surface area is 475 Å². The molecule has 0 fully saturated rings. The van der Waals surface area contributed by atoms with Crippen molar-refractivity contribution in [1.82, 2.24) is 0 Å². The Morgan fingerprint density at radius 2 is 0.532 bits per heavy atom. The van der Waals surface area contributed by atoms with E-state index in [9.17, 15) is 14.4 Å². The number of hydrogen-bond donors (Lipinski definition) is 0. The average Bonchev–Trinajstić information content (AvgIpc) is 3.43. The van der Waals surface area contributed by atoms with Crippen LogP contribution in [0.1, 0.15) is 278 Å². The van der Waals surface area contributed by atoms with Gasteiger partial charge in [0, 0.05) is 19.3 Å². The summed E-state index contributed by atoms with van der Waals surface area (Å²) in [4.78, 5) is 38.2. The highest BCUT2D eigenvalue weighted by atomic mass is 16.6. The van der Waals surface area contributed by atoms with Crippen molar-refractivity contribution in [1.29, 1.82) is 0 Å². The first kappa shape index (κ1) is 72.5. The molecule has 0 spiro atoms. The van der Waals surface area contributed by atoms with Crippen LogP contribution in [0.5, 0.6) is 0 Å². The summed E-state index contributed by atoms with van der Waals surface area (Å²) in [5.41, 5.74) is 0. The molecule has 0 aliphatic heterocycles. The molecule has 6 heteroatoms. The lowest BCUT2D eigenvalue weighted by Crippen LogP contribution is -2.30. The summed E-state index contributed by atoms with van der Waals surface area (Å²) in [5, 5.41) is 0. The highest BCUT2D eigenvalue weighted by Crippen LogP contribution is 2.15. The monoisotopic (exact) mass is 1060 g/mol. The van der Waals surface area contributed by atoms with E-state index in [-0.39, 0.29) is 37.5 Å². The summed E-state index contributed by atoms with van der Waals surface area (Å²) in [7, 11) is 0. The van der Waals surface area contributed by atoms with E-state index in [1.807, 2.05) is 6.08 Å². The molecule has 0 aromatic heterocycles. The van der Waals surface area contributed by atoms with Gasteiger partial charge in [-0.05, 0) is 122 Å². The standard InChI is InChI=1S/C71H116O6/c1-4-7-10-13-16-19-22-25-27-29-31-32-33-34-35-36-37-38-40-41-43-46-49-52-55-58-61-64-70(73)76-67-68(66-75-69(72)63-60-57-54-51-48-45-24-21-18-15-12-9-6-3)77-71(74)65-62-59-56-53-50-47-44-42-39-30-28-26-23-20-17-14-11-8-5-2/h7,9-10,12,16,18-19,21,25-28,31-32,34-35,37-38,45,48,54,57,68H,4-6,8,11,13-15,17,20,22-24,29-30,33,36,39-44,46-47,49-53,55-56,58-67H2,1-3H3/b10-7-,12-9-,19-16-,21-18-,27-25-,28-26-,32-31-,35-34-,38-37-,48-45-,57-54-. The first-order valence-electron chi connectivity index (χ1n) is 31.7. The molecule has 0 aromatic carbocycles. The molecule has 436 valence electrons. The number of unbranched alkanes of at least 4 members (excludes halogenated alkanes) is 23. The molecule has 0 saturated carbocycles. The highest BCUT2D eigenvalue weighted by molar-refractivity contribution is 5.71. The van der Waals surface area contributed by atoms with Crippen molar-refractivity contribution in [2.24, 2.45) is 0 Å². The van der Waals surface area contributed by atoms with E-state index in [0.717, 1.165) is 109 Å². The largest absolute Gasteiger partial charge is 0.462 e. The molecule has 0 aromatic rings. The number of allylic oxidation sites excluding steroid dienone is 22. The van der Waals surface area contributed by atoms with E-state index in [2.05, 4.69) is 148 Å². The molecule has 77 heavy (non-hydrogen) atoms. The molecular weight excluding hydrogens is 949 g/mol. The van der Waals surface area contributed by atoms with Gasteiger partial charge in [-0.1, -0.05) is 270 Å². The van der Waals surface area contributed by atoms with Crippen LogP contribution in [0.15, 0.2) is 134 Å². The van der Waals surface area contributed by atoms with Crippen LogP contribution in [0.25, 0.3) is 0 Å². The third kappa shape index (κ3) is 62.3. The molecule has 0 radical (unpaired) electrons. The van der Waals surface area contributed by atoms with E-state index in [0.29, 0.717) is 19.3 Å². The number of esters is 3. The molecule has 0 aliphatic rings. The van der Waals surface area contributed by atoms with Crippen LogP contribution in [-0.2, 0) is 28.6 Å². The lowest BCUT2D eigenvalue weighted by molar-refractivity contribution is -0.166. The summed E-state index contributed by atoms with van der Waals surface area (Å²) in [6.07, 6.45) is 90.4. The van der Waals surface area contributed by atoms with Gasteiger partial charge in [-0.3, -0.25) is 14.4 Å². The van der Waals surface area contributed by atoms with Crippen LogP contribution >= 0.6 is 0 Å². The number of ether oxygens (including phenoxy) is 3. The molecule has 0 N–H and O–H groups in total. The van der Waals surface area contributed by atoms with Crippen molar-refractivity contribution in [2.75, 3.05) is 13.2 Å². The maximum atomic E-state index is 12.9. The predicted octanol–water partition coefficient (Wildman–Crippen LogP) is 21.8. The molecule has 6 nitrogen and oxygen atoms in total. The Morgan fingerprint density at radius 1 is 0.273 bits per heavy atom. The Kier molecular flexibility index (Phi) is 60.4. The van der Waals surface area contributed by atoms with E-state index >= 15 is 0 Å². The Bertz CT molecular complexity index is 1650. The van der Waals surface area contributed by atoms with Gasteiger partial charge in [0.25, 0.3) is 0 Å². The van der Waals surface area contributed by atoms with Gasteiger partial charge >= 0.3 is 17.9 Å². The van der Waals surface area contributed by atoms with Gasteiger partial charge in [0.1, 0.15) is 13.2 Å². The Morgan fingerprint density at radius 3 is 0.883 bits per heavy atom. The smallest absolute Gasteiger partial charge is 0.306 e. The predicted molar refractivity (Wildman–Crippen MR) is 334 cm³/mol. The summed E-state index contributed by atoms with van der Waals surface area (Å²) >= 11 is 0. The van der Waals surface area contributed by atoms with Crippen LogP contribution in [0.2, 0.25) is 0 Å². The molecule has 0 aliphatic carbocycles. The maximum absolute atomic E-state index is 12.9. The van der Waals surface area contributed by atoms with Gasteiger partial charge in [0.15, 0.2) is 6.10 Å². The SMILES string of the molecule is CC/C=C\C/C=C\C/C=C\C/C=C\C/C=C\C/C=C\CCCCCCCCCCC(=O)OCC(COC(=O)CC/C=C\C/C=C\C/C=C\C/C=C\CC)OC(=O)CCCCCCCCCCC/C=C\CCCCCCCC. The summed E-state index contributed by atoms with van der Waals surface area (Å²) in [6, 6.07) is 0. The van der Waals surface area contributed by atoms with Gasteiger partial charge < -0.3 is 14.2 Å². The molecule has 0 amide bonds. The molecule has 1 unspecified atom stereocenters. The zero-order valence-corrected chi connectivity index (χ0v) is 49.9. The molecule has 0 rings (SSSR count). The normalized spacial score (nSPS) is 13.0. The number of carbonyl (C=O) groups is 3. The zero-order valence-electron chi connectivity index (χ0n) is 49.9. The molecule has 0 bridgehead atoms. The quantitative estimate of drug-likeness (QED) is 0.0261. The van der Waals surface area contributed by atoms with Crippen LogP contribution in [-0.4, -0.2) is 37.2 Å². The lowest BCUT2D eigenvalue weighted by atomic mass is 10.1. The average molecular weight is 1070 g/mol. The summed E-state index contributed by atoms with van der Waals surface area (Å²) in [6.45, 7) is 6.34. The topological polar surface area (TPSA) is 78.9 Å². The van der Waals surface area contributed by atoms with Gasteiger partial charge in [0.2, 0.25) is 0 Å². The number of hydrogen-bond acceptors (Lipinski definition) is 6. The second-order valence-electron chi connectivity index (χ2n) is 20.5. The molecular formula is C71H116O6. The minimum Gasteiger partial charge on any atom is -0.462 e. The van der Waals surface area contributed by atoms with Crippen LogP contribution in [0.4, 0.5) is 0 Å². The highest BCUT2D eigenvalue weighted by Gasteiger charge is 2.19. The third-order valence-electron chi connectivity index (χ3n) is 13.1. The molecule has 0 heterocycles. The fraction of sp³-hybridized carbons (Fsp3) is 0.648. The summed E-state index contributed by atoms with van der Waals surface area (Å²) < 4.78 is 16.8. The minimum atomic E-state index is -0.817. The minimum absolute atomic E-state index is 0.108. The van der Waals surface area contributed by atoms with Crippen molar-refractivity contribution >= 4 is 17.9 Å². The molecule has 1 atom stereocenters. The first-order chi connectivity index (χ1) is 38.0. The van der Waals surface area contributed by atoms with Crippen molar-refractivity contribution in [3.63, 3.8) is 0 Å². The summed E-state index contributed by atoms with van der Waals surface area (Å²) in [5.74, 6) is -1.00. The van der Waals surface area contributed by atoms with Gasteiger partial charge in [-0.25, -0.2) is 0 Å². The first-order valence-corrected chi connectivity index (χ1v) is 31.7. The van der Waals surface area contributed by atoms with Crippen molar-refractivity contribution in [2.45, 2.75) is 284 Å². The lowest BCUT2D eigenvalue weighted by Gasteiger charge is -2.18. The number of rotatable bonds is 56. The van der Waals surface area contributed by atoms with E-state index in [1.165, 1.54) is 122 Å². The number of carbonyl (C=O) groups excluding carboxylic acids is 3. The van der Waals surface area contributed by atoms with E-state index < -0.39 is 6.10 Å². The van der Waals surface area contributed by atoms with Crippen LogP contribution in [0, 0.1) is 0 Å². The fourth-order valence-electron chi connectivity index (χ4n) is 8.45. The van der Waals surface area contributed by atoms with Crippen molar-refractivity contribution < 1.29 is 28.6 Å². The van der Waals surface area contributed by atoms with E-state index in [1.54, 1.807) is 0 Å². The van der Waals surface area contributed by atoms with E-state index in [4.69, 9.17) is 14.2 Å². The van der Waals surface area contributed by atoms with Gasteiger partial charge in [-0.2, -0.15) is 0 Å². The third-order valence-corrected chi connectivity index (χ3v) is 13.1. The van der Waals surface area contributed by atoms with Crippen LogP contribution in [0.3, 0.4) is 0 Å². The zero-order chi connectivity index (χ0) is 55.7. The Hall–Kier alpha value is -4.45. The van der Waals surface area contributed by atoms with Crippen LogP contribution < -0.4 is 0 Å². The second-order valence-corrected chi connectivity index (χ2v) is 20.5. The van der Waals surface area contributed by atoms with Gasteiger partial charge in [-0.15, -0.1) is 0 Å². The van der Waals surface area contributed by atoms with Crippen molar-refractivity contribution in [3.05, 3.63) is 134 Å². The second kappa shape index (κ2) is 64.1. The fourth-order valence-corrected chi connectivity index (χ4v) is 8.45. The van der Waals surface area contributed by atoms with Gasteiger partial charge in [0.05, 0.1) is 0 Å².